The van der Waals surface area contributed by atoms with E-state index in [-0.39, 0.29) is 26.9 Å². The van der Waals surface area contributed by atoms with Gasteiger partial charge in [-0.1, -0.05) is 45.2 Å². The van der Waals surface area contributed by atoms with Gasteiger partial charge in [0.05, 0.1) is 0 Å². The van der Waals surface area contributed by atoms with Crippen molar-refractivity contribution in [2.75, 3.05) is 7.05 Å². The third-order valence-corrected chi connectivity index (χ3v) is 2.86. The first-order valence-electron chi connectivity index (χ1n) is 9.22. The van der Waals surface area contributed by atoms with Crippen LogP contribution in [0.5, 0.6) is 0 Å². The number of rotatable bonds is 5. The Hall–Kier alpha value is -1.39. The van der Waals surface area contributed by atoms with Gasteiger partial charge in [0.1, 0.15) is 6.61 Å². The van der Waals surface area contributed by atoms with Crippen LogP contribution in [0.15, 0.2) is 42.6 Å². The summed E-state index contributed by atoms with van der Waals surface area (Å²) >= 11 is 7.86. The van der Waals surface area contributed by atoms with Crippen LogP contribution in [-0.4, -0.2) is 114 Å². The molecule has 1 aromatic rings. The standard InChI is InChI=1S/C8H7ClO2.C4H6F3NO2.C3H4F3NO2.C3H2O.2CH4.2Na.H2O/c9-8(10)11-6-7-4-2-1-3-5-7;1-8-2(3(9)10)4(5,6)7;4-3(5,6)1(7)2(8)9;1-2-3-4;;;;;/h1-5H,6H2;2,8H,1H3,(H,9,10);1H,7H2,(H,8,9);1H2;2*1H4;;;1H2. The molecule has 0 bridgehead atoms. The van der Waals surface area contributed by atoms with Gasteiger partial charge in [0.25, 0.3) is 0 Å². The molecular weight excluding hydrogens is 592 g/mol. The maximum absolute atomic E-state index is 11.5. The van der Waals surface area contributed by atoms with Gasteiger partial charge in [-0.3, -0.25) is 14.9 Å². The number of nitrogens with one attached hydrogen (secondary N) is 1. The van der Waals surface area contributed by atoms with Crippen LogP contribution in [0.3, 0.4) is 0 Å². The molecule has 39 heavy (non-hydrogen) atoms. The van der Waals surface area contributed by atoms with Gasteiger partial charge >= 0.3 is 73.3 Å². The predicted octanol–water partition coefficient (Wildman–Crippen LogP) is 2.59. The monoisotopic (exact) mass is 620 g/mol. The van der Waals surface area contributed by atoms with Crippen LogP contribution in [0.2, 0.25) is 0 Å². The van der Waals surface area contributed by atoms with Crippen LogP contribution < -0.4 is 11.1 Å². The Labute approximate surface area is 255 Å². The molecule has 19 heteroatoms. The molecule has 0 fully saturated rings. The quantitative estimate of drug-likeness (QED) is 0.126. The summed E-state index contributed by atoms with van der Waals surface area (Å²) in [6.07, 6.45) is -9.56. The molecule has 218 valence electrons. The van der Waals surface area contributed by atoms with E-state index in [0.717, 1.165) is 12.6 Å². The van der Waals surface area contributed by atoms with Gasteiger partial charge in [0, 0.05) is 11.6 Å². The normalized spacial score (nSPS) is 10.4. The Balaban J connectivity index is -0.0000000693. The van der Waals surface area contributed by atoms with E-state index in [2.05, 4.69) is 17.0 Å². The molecule has 0 aliphatic carbocycles. The van der Waals surface area contributed by atoms with Gasteiger partial charge in [-0.25, -0.2) is 9.59 Å². The molecule has 2 atom stereocenters. The zero-order valence-corrected chi connectivity index (χ0v) is 24.4. The molecule has 0 aliphatic rings. The number of alkyl halides is 6. The van der Waals surface area contributed by atoms with Crippen LogP contribution in [0.1, 0.15) is 20.4 Å². The molecule has 0 saturated carbocycles. The number of hydrogen-bond acceptors (Lipinski definition) is 7. The van der Waals surface area contributed by atoms with E-state index in [9.17, 15) is 40.7 Å². The summed E-state index contributed by atoms with van der Waals surface area (Å²) in [5.41, 5.74) is 6.21. The SMILES string of the molecule is C.C.C=C=C=O.CNC(C(=O)O)C(F)(F)F.NC(C(=O)O)C(F)(F)F.O.O=C(Cl)OCc1ccccc1.[Na][Na]. The zero-order valence-electron chi connectivity index (χ0n) is 19.6. The number of nitrogens with two attached hydrogens (primary N) is 1. The maximum atomic E-state index is 11.5. The fraction of sp³-hybridized carbons (Fsp3) is 0.400. The van der Waals surface area contributed by atoms with Crippen molar-refractivity contribution >= 4 is 78.5 Å². The number of carbonyl (C=O) groups excluding carboxylic acids is 2. The van der Waals surface area contributed by atoms with Crippen molar-refractivity contribution in [3.63, 3.8) is 0 Å². The molecule has 0 heterocycles. The van der Waals surface area contributed by atoms with Crippen LogP contribution in [0, 0.1) is 0 Å². The van der Waals surface area contributed by atoms with Crippen molar-refractivity contribution < 1.29 is 65.9 Å². The van der Waals surface area contributed by atoms with Crippen molar-refractivity contribution in [3.05, 3.63) is 48.2 Å². The zero-order chi connectivity index (χ0) is 29.5. The van der Waals surface area contributed by atoms with E-state index < -0.39 is 41.8 Å². The summed E-state index contributed by atoms with van der Waals surface area (Å²) in [5.74, 6) is -2.67. The molecule has 0 saturated heterocycles. The topological polar surface area (TPSA) is 188 Å². The second-order valence-electron chi connectivity index (χ2n) is 5.25. The van der Waals surface area contributed by atoms with Gasteiger partial charge in [0.15, 0.2) is 12.0 Å². The Bertz CT molecular complexity index is 830. The van der Waals surface area contributed by atoms with Gasteiger partial charge in [-0.2, -0.15) is 26.3 Å². The van der Waals surface area contributed by atoms with Crippen LogP contribution in [-0.2, 0) is 25.7 Å². The molecule has 0 radical (unpaired) electrons. The molecule has 10 nitrogen and oxygen atoms in total. The van der Waals surface area contributed by atoms with E-state index in [1.165, 1.54) is 49.6 Å². The predicted molar refractivity (Wildman–Crippen MR) is 134 cm³/mol. The second-order valence-corrected chi connectivity index (χ2v) is 5.56. The first-order chi connectivity index (χ1) is 16.4. The number of benzene rings is 1. The Morgan fingerprint density at radius 2 is 1.44 bits per heavy atom. The van der Waals surface area contributed by atoms with Gasteiger partial charge in [-0.15, -0.1) is 0 Å². The summed E-state index contributed by atoms with van der Waals surface area (Å²) in [6, 6.07) is 4.13. The minimum absolute atomic E-state index is 0. The van der Waals surface area contributed by atoms with Crippen molar-refractivity contribution in [2.45, 2.75) is 45.9 Å². The van der Waals surface area contributed by atoms with Gasteiger partial charge in [0.2, 0.25) is 6.04 Å². The average molecular weight is 621 g/mol. The first kappa shape index (κ1) is 53.8. The van der Waals surface area contributed by atoms with Crippen LogP contribution >= 0.6 is 11.6 Å². The molecule has 0 amide bonds. The third kappa shape index (κ3) is 36.6. The first-order valence-corrected chi connectivity index (χ1v) is 17.6. The molecule has 0 aliphatic heterocycles. The van der Waals surface area contributed by atoms with E-state index in [1.807, 2.05) is 36.1 Å². The molecule has 7 N–H and O–H groups in total. The van der Waals surface area contributed by atoms with E-state index in [0.29, 0.717) is 0 Å². The number of ether oxygens (including phenoxy) is 1. The van der Waals surface area contributed by atoms with E-state index >= 15 is 0 Å². The minimum atomic E-state index is -4.84. The van der Waals surface area contributed by atoms with Gasteiger partial charge < -0.3 is 26.2 Å². The average Bonchev–Trinajstić information content (AvgIpc) is 2.78. The number of likely N-dealkylation sites (N-methyl/N-ethyl adjacent to an activating group) is 1. The molecule has 2 unspecified atom stereocenters. The summed E-state index contributed by atoms with van der Waals surface area (Å²) < 4.78 is 72.7. The number of carboxylic acids is 2. The number of hydrogen-bond donors (Lipinski definition) is 4. The van der Waals surface area contributed by atoms with Crippen molar-refractivity contribution in [2.24, 2.45) is 5.73 Å². The Morgan fingerprint density at radius 1 is 1.05 bits per heavy atom. The second kappa shape index (κ2) is 31.1. The van der Waals surface area contributed by atoms with Gasteiger partial charge in [-0.05, 0) is 24.9 Å². The summed E-state index contributed by atoms with van der Waals surface area (Å²) in [7, 11) is 0.937. The number of carboxylic acid groups (broad SMARTS) is 2. The van der Waals surface area contributed by atoms with Crippen molar-refractivity contribution in [1.82, 2.24) is 5.32 Å². The number of aliphatic carboxylic acids is 2. The van der Waals surface area contributed by atoms with Crippen molar-refractivity contribution in [3.8, 4) is 0 Å². The summed E-state index contributed by atoms with van der Waals surface area (Å²) in [4.78, 5) is 38.3. The molecule has 0 spiro atoms. The third-order valence-electron chi connectivity index (χ3n) is 2.75. The van der Waals surface area contributed by atoms with Crippen LogP contribution in [0.4, 0.5) is 31.1 Å². The van der Waals surface area contributed by atoms with Crippen molar-refractivity contribution in [1.29, 1.82) is 0 Å². The molecule has 1 aromatic carbocycles. The fourth-order valence-electron chi connectivity index (χ4n) is 1.28. The molecule has 1 rings (SSSR count). The van der Waals surface area contributed by atoms with Crippen LogP contribution in [0.25, 0.3) is 0 Å². The number of carbonyl (C=O) groups is 3. The summed E-state index contributed by atoms with van der Waals surface area (Å²) in [6.45, 7) is 3.17. The summed E-state index contributed by atoms with van der Waals surface area (Å²) in [5, 5.41) is 17.2. The molecular formula is C20H29ClF6N2Na2O8. The van der Waals surface area contributed by atoms with E-state index in [1.54, 1.807) is 5.32 Å². The van der Waals surface area contributed by atoms with E-state index in [4.69, 9.17) is 26.6 Å². The number of halogens is 7. The molecule has 0 aromatic heterocycles. The Morgan fingerprint density at radius 3 is 1.59 bits per heavy atom. The fourth-order valence-corrected chi connectivity index (χ4v) is 1.34. The Kier molecular flexibility index (Phi) is 43.0.